The van der Waals surface area contributed by atoms with E-state index in [-0.39, 0.29) is 24.0 Å². The lowest BCUT2D eigenvalue weighted by molar-refractivity contribution is 0.0579. The van der Waals surface area contributed by atoms with Crippen LogP contribution in [0, 0.1) is 0 Å². The van der Waals surface area contributed by atoms with E-state index in [0.717, 1.165) is 19.6 Å². The molecule has 0 unspecified atom stereocenters. The summed E-state index contributed by atoms with van der Waals surface area (Å²) in [5.41, 5.74) is 5.90. The summed E-state index contributed by atoms with van der Waals surface area (Å²) in [6, 6.07) is 0.647. The molecule has 0 spiro atoms. The summed E-state index contributed by atoms with van der Waals surface area (Å²) in [4.78, 5) is 6.48. The fraction of sp³-hybridized carbons (Fsp3) is 0.923. The molecule has 0 amide bonds. The fourth-order valence-electron chi connectivity index (χ4n) is 2.32. The van der Waals surface area contributed by atoms with Gasteiger partial charge < -0.3 is 15.4 Å². The lowest BCUT2D eigenvalue weighted by atomic mass is 10.3. The number of ether oxygens (including phenoxy) is 1. The molecular weight excluding hydrogens is 341 g/mol. The monoisotopic (exact) mass is 367 g/mol. The van der Waals surface area contributed by atoms with Crippen molar-refractivity contribution in [1.82, 2.24) is 4.90 Å². The van der Waals surface area contributed by atoms with Gasteiger partial charge in [0.25, 0.3) is 0 Å². The number of rotatable bonds is 6. The summed E-state index contributed by atoms with van der Waals surface area (Å²) >= 11 is 0. The number of aliphatic imine (C=N–C) groups is 1. The molecule has 0 aromatic heterocycles. The zero-order chi connectivity index (χ0) is 12.1. The highest BCUT2D eigenvalue weighted by Gasteiger charge is 2.27. The lowest BCUT2D eigenvalue weighted by Gasteiger charge is -2.16. The quantitative estimate of drug-likeness (QED) is 0.339. The zero-order valence-corrected chi connectivity index (χ0v) is 13.6. The molecule has 106 valence electrons. The first-order valence-electron chi connectivity index (χ1n) is 6.91. The van der Waals surface area contributed by atoms with Crippen LogP contribution < -0.4 is 5.73 Å². The first-order valence-corrected chi connectivity index (χ1v) is 6.91. The van der Waals surface area contributed by atoms with Crippen molar-refractivity contribution in [2.24, 2.45) is 10.7 Å². The van der Waals surface area contributed by atoms with Crippen LogP contribution in [0.2, 0.25) is 0 Å². The van der Waals surface area contributed by atoms with Crippen LogP contribution in [0.15, 0.2) is 4.99 Å². The van der Waals surface area contributed by atoms with Gasteiger partial charge in [-0.1, -0.05) is 12.8 Å². The predicted octanol–water partition coefficient (Wildman–Crippen LogP) is 2.36. The van der Waals surface area contributed by atoms with E-state index in [1.54, 1.807) is 0 Å². The number of nitrogens with zero attached hydrogens (tertiary/aromatic N) is 2. The molecule has 2 saturated carbocycles. The van der Waals surface area contributed by atoms with E-state index in [1.807, 2.05) is 7.05 Å². The Balaban J connectivity index is 0.00000162. The van der Waals surface area contributed by atoms with Gasteiger partial charge >= 0.3 is 0 Å². The second kappa shape index (κ2) is 8.19. The highest BCUT2D eigenvalue weighted by molar-refractivity contribution is 14.0. The summed E-state index contributed by atoms with van der Waals surface area (Å²) < 4.78 is 5.78. The van der Waals surface area contributed by atoms with Gasteiger partial charge in [0.05, 0.1) is 6.10 Å². The number of hydrogen-bond donors (Lipinski definition) is 1. The van der Waals surface area contributed by atoms with E-state index in [2.05, 4.69) is 9.89 Å². The fourth-order valence-corrected chi connectivity index (χ4v) is 2.32. The Labute approximate surface area is 127 Å². The summed E-state index contributed by atoms with van der Waals surface area (Å²) in [5, 5.41) is 0. The number of guanidine groups is 1. The third-order valence-corrected chi connectivity index (χ3v) is 3.69. The van der Waals surface area contributed by atoms with Crippen molar-refractivity contribution in [3.63, 3.8) is 0 Å². The topological polar surface area (TPSA) is 50.8 Å². The molecule has 0 aliphatic heterocycles. The molecule has 2 aliphatic carbocycles. The van der Waals surface area contributed by atoms with Gasteiger partial charge in [-0.15, -0.1) is 24.0 Å². The molecule has 0 atom stereocenters. The molecule has 0 saturated heterocycles. The van der Waals surface area contributed by atoms with Crippen molar-refractivity contribution < 1.29 is 4.74 Å². The van der Waals surface area contributed by atoms with Crippen LogP contribution in [0.1, 0.15) is 44.9 Å². The second-order valence-corrected chi connectivity index (χ2v) is 5.21. The molecule has 0 aromatic carbocycles. The van der Waals surface area contributed by atoms with Gasteiger partial charge in [-0.05, 0) is 32.1 Å². The number of hydrogen-bond acceptors (Lipinski definition) is 2. The highest BCUT2D eigenvalue weighted by Crippen LogP contribution is 2.24. The minimum Gasteiger partial charge on any atom is -0.378 e. The molecule has 18 heavy (non-hydrogen) atoms. The molecule has 2 fully saturated rings. The molecule has 0 radical (unpaired) electrons. The molecule has 4 nitrogen and oxygen atoms in total. The van der Waals surface area contributed by atoms with Crippen molar-refractivity contribution in [3.05, 3.63) is 0 Å². The maximum absolute atomic E-state index is 5.90. The van der Waals surface area contributed by atoms with Crippen LogP contribution in [-0.4, -0.2) is 43.2 Å². The van der Waals surface area contributed by atoms with Gasteiger partial charge in [-0.3, -0.25) is 4.99 Å². The third-order valence-electron chi connectivity index (χ3n) is 3.69. The normalized spacial score (nSPS) is 20.8. The number of halogens is 1. The van der Waals surface area contributed by atoms with Gasteiger partial charge in [0, 0.05) is 26.2 Å². The van der Waals surface area contributed by atoms with Crippen LogP contribution in [-0.2, 0) is 4.74 Å². The van der Waals surface area contributed by atoms with Crippen molar-refractivity contribution >= 4 is 29.9 Å². The summed E-state index contributed by atoms with van der Waals surface area (Å²) in [6.07, 6.45) is 9.19. The Morgan fingerprint density at radius 1 is 1.28 bits per heavy atom. The predicted molar refractivity (Wildman–Crippen MR) is 85.5 cm³/mol. The summed E-state index contributed by atoms with van der Waals surface area (Å²) in [5.74, 6) is 0.688. The van der Waals surface area contributed by atoms with Crippen molar-refractivity contribution in [1.29, 1.82) is 0 Å². The van der Waals surface area contributed by atoms with E-state index in [4.69, 9.17) is 10.5 Å². The average Bonchev–Trinajstić information content (AvgIpc) is 3.05. The second-order valence-electron chi connectivity index (χ2n) is 5.21. The molecule has 2 rings (SSSR count). The van der Waals surface area contributed by atoms with Gasteiger partial charge in [0.2, 0.25) is 0 Å². The standard InChI is InChI=1S/C13H25N3O.HI/c1-16(11-7-8-11)13(14)15-9-4-10-17-12-5-2-3-6-12;/h11-12H,2-10H2,1H3,(H2,14,15);1H. The van der Waals surface area contributed by atoms with Crippen LogP contribution >= 0.6 is 24.0 Å². The van der Waals surface area contributed by atoms with Gasteiger partial charge in [-0.25, -0.2) is 0 Å². The third kappa shape index (κ3) is 5.30. The van der Waals surface area contributed by atoms with Crippen LogP contribution in [0.25, 0.3) is 0 Å². The minimum absolute atomic E-state index is 0. The first kappa shape index (κ1) is 16.0. The Morgan fingerprint density at radius 2 is 1.94 bits per heavy atom. The van der Waals surface area contributed by atoms with E-state index in [0.29, 0.717) is 18.1 Å². The maximum atomic E-state index is 5.90. The average molecular weight is 367 g/mol. The van der Waals surface area contributed by atoms with Crippen LogP contribution in [0.4, 0.5) is 0 Å². The number of nitrogens with two attached hydrogens (primary N) is 1. The molecular formula is C13H26IN3O. The van der Waals surface area contributed by atoms with Gasteiger partial charge in [-0.2, -0.15) is 0 Å². The van der Waals surface area contributed by atoms with Gasteiger partial charge in [0.15, 0.2) is 5.96 Å². The summed E-state index contributed by atoms with van der Waals surface area (Å²) in [6.45, 7) is 1.62. The highest BCUT2D eigenvalue weighted by atomic mass is 127. The van der Waals surface area contributed by atoms with E-state index in [1.165, 1.54) is 38.5 Å². The van der Waals surface area contributed by atoms with E-state index < -0.39 is 0 Å². The maximum Gasteiger partial charge on any atom is 0.191 e. The van der Waals surface area contributed by atoms with E-state index >= 15 is 0 Å². The Kier molecular flexibility index (Phi) is 7.29. The van der Waals surface area contributed by atoms with Crippen molar-refractivity contribution in [3.8, 4) is 0 Å². The smallest absolute Gasteiger partial charge is 0.191 e. The van der Waals surface area contributed by atoms with E-state index in [9.17, 15) is 0 Å². The lowest BCUT2D eigenvalue weighted by Crippen LogP contribution is -2.35. The zero-order valence-electron chi connectivity index (χ0n) is 11.3. The molecule has 0 bridgehead atoms. The molecule has 2 N–H and O–H groups in total. The first-order chi connectivity index (χ1) is 8.27. The van der Waals surface area contributed by atoms with Crippen LogP contribution in [0.3, 0.4) is 0 Å². The molecule has 0 heterocycles. The van der Waals surface area contributed by atoms with Crippen LogP contribution in [0.5, 0.6) is 0 Å². The minimum atomic E-state index is 0. The molecule has 5 heteroatoms. The van der Waals surface area contributed by atoms with Gasteiger partial charge in [0.1, 0.15) is 0 Å². The van der Waals surface area contributed by atoms with Crippen molar-refractivity contribution in [2.45, 2.75) is 57.1 Å². The largest absolute Gasteiger partial charge is 0.378 e. The Bertz CT molecular complexity index is 263. The SMILES string of the molecule is CN(C(N)=NCCCOC1CCCC1)C1CC1.I. The summed E-state index contributed by atoms with van der Waals surface area (Å²) in [7, 11) is 2.03. The molecule has 0 aromatic rings. The molecule has 2 aliphatic rings. The Morgan fingerprint density at radius 3 is 2.56 bits per heavy atom. The Hall–Kier alpha value is -0.0400. The van der Waals surface area contributed by atoms with Crippen molar-refractivity contribution in [2.75, 3.05) is 20.2 Å².